The Labute approximate surface area is 125 Å². The Hall–Kier alpha value is -1.94. The van der Waals surface area contributed by atoms with E-state index >= 15 is 0 Å². The molecule has 0 amide bonds. The molecular weight excluding hydrogens is 262 g/mol. The average molecular weight is 283 g/mol. The lowest BCUT2D eigenvalue weighted by Crippen LogP contribution is -2.28. The summed E-state index contributed by atoms with van der Waals surface area (Å²) in [6.07, 6.45) is 5.67. The molecule has 1 saturated heterocycles. The molecule has 110 valence electrons. The molecule has 3 rings (SSSR count). The minimum absolute atomic E-state index is 0.190. The smallest absolute Gasteiger partial charge is 0.181 e. The molecule has 0 bridgehead atoms. The lowest BCUT2D eigenvalue weighted by Gasteiger charge is -2.22. The summed E-state index contributed by atoms with van der Waals surface area (Å²) in [5, 5.41) is 7.65. The maximum Gasteiger partial charge on any atom is 0.181 e. The summed E-state index contributed by atoms with van der Waals surface area (Å²) < 4.78 is 1.74. The summed E-state index contributed by atoms with van der Waals surface area (Å²) in [5.74, 6) is 0.873. The van der Waals surface area contributed by atoms with Crippen LogP contribution in [0.15, 0.2) is 42.6 Å². The first-order valence-corrected chi connectivity index (χ1v) is 7.68. The highest BCUT2D eigenvalue weighted by Gasteiger charge is 2.17. The second-order valence-electron chi connectivity index (χ2n) is 5.62. The Kier molecular flexibility index (Phi) is 4.46. The highest BCUT2D eigenvalue weighted by molar-refractivity contribution is 5.94. The highest BCUT2D eigenvalue weighted by Crippen LogP contribution is 2.20. The van der Waals surface area contributed by atoms with Gasteiger partial charge >= 0.3 is 0 Å². The van der Waals surface area contributed by atoms with Crippen molar-refractivity contribution in [3.8, 4) is 5.69 Å². The van der Waals surface area contributed by atoms with Crippen molar-refractivity contribution in [2.24, 2.45) is 5.92 Å². The number of carbonyl (C=O) groups excluding carboxylic acids is 1. The van der Waals surface area contributed by atoms with Crippen LogP contribution in [-0.4, -0.2) is 28.7 Å². The van der Waals surface area contributed by atoms with Crippen LogP contribution in [0.1, 0.15) is 36.2 Å². The minimum atomic E-state index is 0.190. The molecule has 1 aromatic heterocycles. The van der Waals surface area contributed by atoms with Gasteiger partial charge in [0.1, 0.15) is 5.69 Å². The van der Waals surface area contributed by atoms with Gasteiger partial charge in [-0.05, 0) is 56.5 Å². The van der Waals surface area contributed by atoms with E-state index in [1.165, 1.54) is 12.8 Å². The van der Waals surface area contributed by atoms with Gasteiger partial charge in [0.05, 0.1) is 11.9 Å². The van der Waals surface area contributed by atoms with Crippen molar-refractivity contribution < 1.29 is 4.79 Å². The van der Waals surface area contributed by atoms with Crippen LogP contribution in [-0.2, 0) is 0 Å². The predicted molar refractivity (Wildman–Crippen MR) is 82.7 cm³/mol. The molecule has 21 heavy (non-hydrogen) atoms. The number of para-hydroxylation sites is 1. The molecule has 0 unspecified atom stereocenters. The number of benzene rings is 1. The van der Waals surface area contributed by atoms with E-state index in [-0.39, 0.29) is 5.78 Å². The van der Waals surface area contributed by atoms with Gasteiger partial charge in [0.15, 0.2) is 5.78 Å². The highest BCUT2D eigenvalue weighted by atomic mass is 16.1. The normalized spacial score (nSPS) is 16.0. The lowest BCUT2D eigenvalue weighted by atomic mass is 9.92. The van der Waals surface area contributed by atoms with Gasteiger partial charge in [-0.15, -0.1) is 0 Å². The van der Waals surface area contributed by atoms with Crippen molar-refractivity contribution in [1.29, 1.82) is 0 Å². The van der Waals surface area contributed by atoms with Crippen LogP contribution in [0.4, 0.5) is 0 Å². The third-order valence-electron chi connectivity index (χ3n) is 4.17. The number of aromatic nitrogens is 2. The van der Waals surface area contributed by atoms with Crippen molar-refractivity contribution in [3.63, 3.8) is 0 Å². The number of Topliss-reactive ketones (excluding diaryl/α,β-unsaturated/α-hetero) is 1. The average Bonchev–Trinajstić information content (AvgIpc) is 3.04. The fourth-order valence-electron chi connectivity index (χ4n) is 2.92. The SMILES string of the molecule is O=C(CCC1CCNCC1)c1ccnn1-c1ccccc1. The maximum atomic E-state index is 12.5. The van der Waals surface area contributed by atoms with E-state index < -0.39 is 0 Å². The fraction of sp³-hybridized carbons (Fsp3) is 0.412. The monoisotopic (exact) mass is 283 g/mol. The first-order valence-electron chi connectivity index (χ1n) is 7.68. The molecule has 0 radical (unpaired) electrons. The van der Waals surface area contributed by atoms with Crippen molar-refractivity contribution in [2.75, 3.05) is 13.1 Å². The number of nitrogens with zero attached hydrogens (tertiary/aromatic N) is 2. The van der Waals surface area contributed by atoms with Gasteiger partial charge in [-0.25, -0.2) is 4.68 Å². The molecule has 0 aliphatic carbocycles. The van der Waals surface area contributed by atoms with Crippen LogP contribution in [0.3, 0.4) is 0 Å². The van der Waals surface area contributed by atoms with Gasteiger partial charge in [0.2, 0.25) is 0 Å². The lowest BCUT2D eigenvalue weighted by molar-refractivity contribution is 0.0963. The Morgan fingerprint density at radius 2 is 1.95 bits per heavy atom. The number of hydrogen-bond donors (Lipinski definition) is 1. The minimum Gasteiger partial charge on any atom is -0.317 e. The third-order valence-corrected chi connectivity index (χ3v) is 4.17. The molecule has 4 heteroatoms. The topological polar surface area (TPSA) is 46.9 Å². The number of nitrogens with one attached hydrogen (secondary N) is 1. The number of ketones is 1. The van der Waals surface area contributed by atoms with Gasteiger partial charge in [-0.1, -0.05) is 18.2 Å². The largest absolute Gasteiger partial charge is 0.317 e. The molecule has 4 nitrogen and oxygen atoms in total. The van der Waals surface area contributed by atoms with E-state index in [0.717, 1.165) is 25.2 Å². The molecule has 1 fully saturated rings. The number of carbonyl (C=O) groups is 1. The molecule has 2 aromatic rings. The Morgan fingerprint density at radius 1 is 1.19 bits per heavy atom. The summed E-state index contributed by atoms with van der Waals surface area (Å²) in [6, 6.07) is 11.6. The van der Waals surface area contributed by atoms with Crippen LogP contribution < -0.4 is 5.32 Å². The van der Waals surface area contributed by atoms with Crippen molar-refractivity contribution in [1.82, 2.24) is 15.1 Å². The Bertz CT molecular complexity index is 585. The second-order valence-corrected chi connectivity index (χ2v) is 5.62. The van der Waals surface area contributed by atoms with Gasteiger partial charge < -0.3 is 5.32 Å². The van der Waals surface area contributed by atoms with Gasteiger partial charge in [-0.3, -0.25) is 4.79 Å². The zero-order valence-corrected chi connectivity index (χ0v) is 12.2. The first kappa shape index (κ1) is 14.0. The van der Waals surface area contributed by atoms with Gasteiger partial charge in [0, 0.05) is 6.42 Å². The molecule has 0 saturated carbocycles. The summed E-state index contributed by atoms with van der Waals surface area (Å²) >= 11 is 0. The summed E-state index contributed by atoms with van der Waals surface area (Å²) in [7, 11) is 0. The molecule has 1 aromatic carbocycles. The van der Waals surface area contributed by atoms with E-state index in [9.17, 15) is 4.79 Å². The molecular formula is C17H21N3O. The third kappa shape index (κ3) is 3.39. The zero-order valence-electron chi connectivity index (χ0n) is 12.2. The van der Waals surface area contributed by atoms with Crippen LogP contribution in [0.5, 0.6) is 0 Å². The quantitative estimate of drug-likeness (QED) is 0.858. The van der Waals surface area contributed by atoms with E-state index in [2.05, 4.69) is 10.4 Å². The predicted octanol–water partition coefficient (Wildman–Crippen LogP) is 2.83. The summed E-state index contributed by atoms with van der Waals surface area (Å²) in [6.45, 7) is 2.17. The Balaban J connectivity index is 1.66. The molecule has 0 atom stereocenters. The zero-order chi connectivity index (χ0) is 14.5. The molecule has 1 N–H and O–H groups in total. The van der Waals surface area contributed by atoms with Crippen LogP contribution in [0.25, 0.3) is 5.69 Å². The second kappa shape index (κ2) is 6.68. The fourth-order valence-corrected chi connectivity index (χ4v) is 2.92. The molecule has 1 aliphatic heterocycles. The van der Waals surface area contributed by atoms with Crippen LogP contribution >= 0.6 is 0 Å². The van der Waals surface area contributed by atoms with E-state index in [1.807, 2.05) is 36.4 Å². The molecule has 2 heterocycles. The van der Waals surface area contributed by atoms with Gasteiger partial charge in [-0.2, -0.15) is 5.10 Å². The maximum absolute atomic E-state index is 12.5. The standard InChI is InChI=1S/C17H21N3O/c21-17(7-6-14-8-11-18-12-9-14)16-10-13-19-20(16)15-4-2-1-3-5-15/h1-5,10,13-14,18H,6-9,11-12H2. The van der Waals surface area contributed by atoms with Crippen molar-refractivity contribution in [2.45, 2.75) is 25.7 Å². The van der Waals surface area contributed by atoms with E-state index in [0.29, 0.717) is 18.0 Å². The summed E-state index contributed by atoms with van der Waals surface area (Å²) in [5.41, 5.74) is 1.63. The molecule has 0 spiro atoms. The summed E-state index contributed by atoms with van der Waals surface area (Å²) in [4.78, 5) is 12.5. The molecule has 1 aliphatic rings. The van der Waals surface area contributed by atoms with Crippen LogP contribution in [0.2, 0.25) is 0 Å². The number of piperidine rings is 1. The Morgan fingerprint density at radius 3 is 2.71 bits per heavy atom. The number of rotatable bonds is 5. The first-order chi connectivity index (χ1) is 10.3. The van der Waals surface area contributed by atoms with Gasteiger partial charge in [0.25, 0.3) is 0 Å². The van der Waals surface area contributed by atoms with Crippen molar-refractivity contribution >= 4 is 5.78 Å². The van der Waals surface area contributed by atoms with Crippen molar-refractivity contribution in [3.05, 3.63) is 48.3 Å². The van der Waals surface area contributed by atoms with Crippen LogP contribution in [0, 0.1) is 5.92 Å². The number of hydrogen-bond acceptors (Lipinski definition) is 3. The van der Waals surface area contributed by atoms with E-state index in [4.69, 9.17) is 0 Å². The van der Waals surface area contributed by atoms with E-state index in [1.54, 1.807) is 10.9 Å².